The van der Waals surface area contributed by atoms with Gasteiger partial charge >= 0.3 is 5.97 Å². The van der Waals surface area contributed by atoms with Crippen LogP contribution in [0.4, 0.5) is 0 Å². The first kappa shape index (κ1) is 16.9. The zero-order valence-corrected chi connectivity index (χ0v) is 14.1. The van der Waals surface area contributed by atoms with E-state index in [9.17, 15) is 9.90 Å². The van der Waals surface area contributed by atoms with Gasteiger partial charge in [-0.25, -0.2) is 0 Å². The molecule has 112 valence electrons. The number of esters is 1. The summed E-state index contributed by atoms with van der Waals surface area (Å²) in [6, 6.07) is 7.91. The Bertz CT molecular complexity index is 451. The normalized spacial score (nSPS) is 14.7. The lowest BCUT2D eigenvalue weighted by Gasteiger charge is -2.27. The Balaban J connectivity index is 3.13. The zero-order chi connectivity index (χ0) is 15.3. The summed E-state index contributed by atoms with van der Waals surface area (Å²) in [5, 5.41) is 11.8. The molecule has 4 heteroatoms. The number of carbonyl (C=O) groups excluding carboxylic acids is 1. The lowest BCUT2D eigenvalue weighted by molar-refractivity contribution is -0.152. The van der Waals surface area contributed by atoms with Gasteiger partial charge in [0.2, 0.25) is 0 Å². The summed E-state index contributed by atoms with van der Waals surface area (Å²) in [5.74, 6) is -0.805. The lowest BCUT2D eigenvalue weighted by Crippen LogP contribution is -2.42. The number of hydrogen-bond donors (Lipinski definition) is 1. The van der Waals surface area contributed by atoms with Crippen molar-refractivity contribution in [2.45, 2.75) is 46.0 Å². The first-order valence-corrected chi connectivity index (χ1v) is 10.8. The number of ether oxygens (including phenoxy) is 1. The van der Waals surface area contributed by atoms with Crippen molar-refractivity contribution in [3.05, 3.63) is 29.8 Å². The largest absolute Gasteiger partial charge is 0.466 e. The van der Waals surface area contributed by atoms with Gasteiger partial charge in [0, 0.05) is 0 Å². The molecule has 0 aromatic heterocycles. The average molecular weight is 294 g/mol. The molecular formula is C16H26O3Si. The monoisotopic (exact) mass is 294 g/mol. The van der Waals surface area contributed by atoms with Crippen molar-refractivity contribution in [1.29, 1.82) is 0 Å². The second kappa shape index (κ2) is 7.04. The van der Waals surface area contributed by atoms with Crippen LogP contribution in [0.5, 0.6) is 0 Å². The molecule has 1 rings (SSSR count). The van der Waals surface area contributed by atoms with Crippen molar-refractivity contribution >= 4 is 19.2 Å². The maximum atomic E-state index is 12.0. The van der Waals surface area contributed by atoms with Crippen LogP contribution in [0.25, 0.3) is 0 Å². The van der Waals surface area contributed by atoms with E-state index in [1.54, 1.807) is 6.92 Å². The van der Waals surface area contributed by atoms with E-state index in [-0.39, 0.29) is 5.97 Å². The standard InChI is InChI=1S/C16H26O3Si/c1-6-12(16(18)19-7-2)15(17)13-10-8-9-11-14(13)20(3,4)5/h8-12,15,17H,6-7H2,1-5H3/t12-,15+/m0/s1. The molecule has 0 amide bonds. The van der Waals surface area contributed by atoms with Crippen molar-refractivity contribution in [3.63, 3.8) is 0 Å². The van der Waals surface area contributed by atoms with Gasteiger partial charge in [-0.3, -0.25) is 4.79 Å². The van der Waals surface area contributed by atoms with E-state index >= 15 is 0 Å². The van der Waals surface area contributed by atoms with Crippen LogP contribution in [-0.4, -0.2) is 25.8 Å². The summed E-state index contributed by atoms with van der Waals surface area (Å²) in [7, 11) is -1.56. The quantitative estimate of drug-likeness (QED) is 0.648. The Morgan fingerprint density at radius 3 is 2.35 bits per heavy atom. The second-order valence-electron chi connectivity index (χ2n) is 6.05. The van der Waals surface area contributed by atoms with E-state index in [0.717, 1.165) is 5.56 Å². The van der Waals surface area contributed by atoms with E-state index in [4.69, 9.17) is 4.74 Å². The summed E-state index contributed by atoms with van der Waals surface area (Å²) < 4.78 is 5.08. The summed E-state index contributed by atoms with van der Waals surface area (Å²) in [4.78, 5) is 12.0. The number of benzene rings is 1. The van der Waals surface area contributed by atoms with Crippen molar-refractivity contribution in [1.82, 2.24) is 0 Å². The third-order valence-electron chi connectivity index (χ3n) is 3.50. The molecule has 20 heavy (non-hydrogen) atoms. The highest BCUT2D eigenvalue weighted by molar-refractivity contribution is 6.89. The summed E-state index contributed by atoms with van der Waals surface area (Å²) in [5.41, 5.74) is 0.881. The molecule has 1 aromatic rings. The van der Waals surface area contributed by atoms with E-state index in [1.807, 2.05) is 25.1 Å². The van der Waals surface area contributed by atoms with Gasteiger partial charge in [-0.15, -0.1) is 0 Å². The molecule has 0 radical (unpaired) electrons. The van der Waals surface area contributed by atoms with Gasteiger partial charge in [0.05, 0.1) is 26.7 Å². The van der Waals surface area contributed by atoms with Gasteiger partial charge in [-0.05, 0) is 18.9 Å². The van der Waals surface area contributed by atoms with Gasteiger partial charge in [0.1, 0.15) is 0 Å². The summed E-state index contributed by atoms with van der Waals surface area (Å²) in [6.07, 6.45) is -0.220. The lowest BCUT2D eigenvalue weighted by atomic mass is 9.93. The molecule has 0 bridgehead atoms. The summed E-state index contributed by atoms with van der Waals surface area (Å²) in [6.45, 7) is 10.8. The molecule has 0 saturated heterocycles. The fourth-order valence-electron chi connectivity index (χ4n) is 2.42. The van der Waals surface area contributed by atoms with E-state index in [0.29, 0.717) is 13.0 Å². The van der Waals surface area contributed by atoms with Crippen molar-refractivity contribution < 1.29 is 14.6 Å². The van der Waals surface area contributed by atoms with Gasteiger partial charge in [-0.2, -0.15) is 0 Å². The Morgan fingerprint density at radius 1 is 1.25 bits per heavy atom. The predicted molar refractivity (Wildman–Crippen MR) is 84.8 cm³/mol. The van der Waals surface area contributed by atoms with Crippen LogP contribution >= 0.6 is 0 Å². The maximum Gasteiger partial charge on any atom is 0.311 e. The van der Waals surface area contributed by atoms with E-state index in [1.165, 1.54) is 5.19 Å². The van der Waals surface area contributed by atoms with Crippen LogP contribution in [-0.2, 0) is 9.53 Å². The fraction of sp³-hybridized carbons (Fsp3) is 0.562. The molecule has 1 aromatic carbocycles. The Labute approximate surface area is 123 Å². The number of carbonyl (C=O) groups is 1. The number of aliphatic hydroxyl groups is 1. The highest BCUT2D eigenvalue weighted by atomic mass is 28.3. The first-order valence-electron chi connectivity index (χ1n) is 7.27. The first-order chi connectivity index (χ1) is 9.32. The molecule has 1 N–H and O–H groups in total. The second-order valence-corrected chi connectivity index (χ2v) is 11.1. The zero-order valence-electron chi connectivity index (χ0n) is 13.1. The summed E-state index contributed by atoms with van der Waals surface area (Å²) >= 11 is 0. The molecule has 0 aliphatic rings. The molecule has 3 nitrogen and oxygen atoms in total. The number of aliphatic hydroxyl groups excluding tert-OH is 1. The van der Waals surface area contributed by atoms with Gasteiger partial charge < -0.3 is 9.84 Å². The molecule has 0 saturated carbocycles. The van der Waals surface area contributed by atoms with Crippen LogP contribution in [0.2, 0.25) is 19.6 Å². The number of rotatable bonds is 6. The van der Waals surface area contributed by atoms with Crippen LogP contribution in [0.15, 0.2) is 24.3 Å². The molecule has 0 spiro atoms. The average Bonchev–Trinajstić information content (AvgIpc) is 2.38. The van der Waals surface area contributed by atoms with Gasteiger partial charge in [-0.1, -0.05) is 56.0 Å². The Kier molecular flexibility index (Phi) is 5.96. The predicted octanol–water partition coefficient (Wildman–Crippen LogP) is 2.85. The highest BCUT2D eigenvalue weighted by Crippen LogP contribution is 2.26. The topological polar surface area (TPSA) is 46.5 Å². The third kappa shape index (κ3) is 3.93. The minimum Gasteiger partial charge on any atom is -0.466 e. The van der Waals surface area contributed by atoms with Crippen molar-refractivity contribution in [3.8, 4) is 0 Å². The SMILES string of the molecule is CCOC(=O)[C@@H](CC)[C@@H](O)c1ccccc1[Si](C)(C)C. The van der Waals surface area contributed by atoms with Crippen LogP contribution in [0, 0.1) is 5.92 Å². The maximum absolute atomic E-state index is 12.0. The minimum absolute atomic E-state index is 0.312. The van der Waals surface area contributed by atoms with Crippen molar-refractivity contribution in [2.75, 3.05) is 6.61 Å². The van der Waals surface area contributed by atoms with Gasteiger partial charge in [0.15, 0.2) is 0 Å². The molecular weight excluding hydrogens is 268 g/mol. The van der Waals surface area contributed by atoms with Gasteiger partial charge in [0.25, 0.3) is 0 Å². The molecule has 0 fully saturated rings. The minimum atomic E-state index is -1.56. The third-order valence-corrected chi connectivity index (χ3v) is 5.57. The molecule has 0 heterocycles. The van der Waals surface area contributed by atoms with E-state index < -0.39 is 20.1 Å². The van der Waals surface area contributed by atoms with Crippen LogP contribution in [0.3, 0.4) is 0 Å². The molecule has 0 unspecified atom stereocenters. The molecule has 0 aliphatic heterocycles. The highest BCUT2D eigenvalue weighted by Gasteiger charge is 2.31. The Hall–Kier alpha value is -1.13. The van der Waals surface area contributed by atoms with E-state index in [2.05, 4.69) is 25.7 Å². The molecule has 0 aliphatic carbocycles. The number of hydrogen-bond acceptors (Lipinski definition) is 3. The van der Waals surface area contributed by atoms with Crippen molar-refractivity contribution in [2.24, 2.45) is 5.92 Å². The van der Waals surface area contributed by atoms with Crippen LogP contribution in [0.1, 0.15) is 31.9 Å². The molecule has 2 atom stereocenters. The smallest absolute Gasteiger partial charge is 0.311 e. The fourth-order valence-corrected chi connectivity index (χ4v) is 4.12. The van der Waals surface area contributed by atoms with Crippen LogP contribution < -0.4 is 5.19 Å². The Morgan fingerprint density at radius 2 is 1.85 bits per heavy atom.